The highest BCUT2D eigenvalue weighted by Gasteiger charge is 2.21. The highest BCUT2D eigenvalue weighted by Crippen LogP contribution is 2.37. The van der Waals surface area contributed by atoms with Gasteiger partial charge in [0.2, 0.25) is 0 Å². The zero-order valence-electron chi connectivity index (χ0n) is 15.1. The number of halogens is 1. The van der Waals surface area contributed by atoms with Crippen molar-refractivity contribution in [2.45, 2.75) is 12.3 Å². The third-order valence-corrected chi connectivity index (χ3v) is 4.66. The second-order valence-electron chi connectivity index (χ2n) is 6.40. The Hall–Kier alpha value is -2.85. The topological polar surface area (TPSA) is 53.7 Å². The number of nitrogens with two attached hydrogens (primary N) is 1. The number of ether oxygens (including phenoxy) is 3. The Morgan fingerprint density at radius 3 is 2.48 bits per heavy atom. The molecule has 0 spiro atoms. The number of anilines is 1. The van der Waals surface area contributed by atoms with Crippen LogP contribution in [0.25, 0.3) is 0 Å². The molecule has 0 bridgehead atoms. The van der Waals surface area contributed by atoms with Gasteiger partial charge in [0.05, 0.1) is 19.4 Å². The van der Waals surface area contributed by atoms with Crippen LogP contribution in [0.3, 0.4) is 0 Å². The van der Waals surface area contributed by atoms with Crippen molar-refractivity contribution in [1.29, 1.82) is 0 Å². The Balaban J connectivity index is 0.00000210. The van der Waals surface area contributed by atoms with Crippen molar-refractivity contribution in [3.8, 4) is 23.0 Å². The summed E-state index contributed by atoms with van der Waals surface area (Å²) in [5, 5.41) is 0. The molecule has 0 fully saturated rings. The maximum atomic E-state index is 6.03. The van der Waals surface area contributed by atoms with E-state index in [9.17, 15) is 0 Å². The van der Waals surface area contributed by atoms with Gasteiger partial charge in [0.25, 0.3) is 0 Å². The van der Waals surface area contributed by atoms with E-state index < -0.39 is 0 Å². The number of hydrogen-bond acceptors (Lipinski definition) is 4. The van der Waals surface area contributed by atoms with Gasteiger partial charge in [-0.05, 0) is 35.7 Å². The molecule has 0 aliphatic carbocycles. The molecule has 4 rings (SSSR count). The molecule has 0 saturated heterocycles. The first-order chi connectivity index (χ1) is 12.7. The monoisotopic (exact) mass is 383 g/mol. The van der Waals surface area contributed by atoms with Crippen LogP contribution in [0.15, 0.2) is 66.7 Å². The lowest BCUT2D eigenvalue weighted by atomic mass is 9.90. The van der Waals surface area contributed by atoms with E-state index >= 15 is 0 Å². The fourth-order valence-corrected chi connectivity index (χ4v) is 3.23. The zero-order chi connectivity index (χ0) is 17.9. The van der Waals surface area contributed by atoms with Crippen LogP contribution in [0.1, 0.15) is 17.0 Å². The largest absolute Gasteiger partial charge is 0.497 e. The molecule has 1 aliphatic rings. The molecule has 3 aromatic rings. The van der Waals surface area contributed by atoms with Gasteiger partial charge in [-0.15, -0.1) is 12.4 Å². The first kappa shape index (κ1) is 18.9. The van der Waals surface area contributed by atoms with Gasteiger partial charge in [-0.2, -0.15) is 0 Å². The molecule has 1 unspecified atom stereocenters. The minimum absolute atomic E-state index is 0. The quantitative estimate of drug-likeness (QED) is 0.628. The van der Waals surface area contributed by atoms with E-state index in [1.807, 2.05) is 24.3 Å². The summed E-state index contributed by atoms with van der Waals surface area (Å²) in [4.78, 5) is 0. The Kier molecular flexibility index (Phi) is 5.77. The number of rotatable bonds is 4. The van der Waals surface area contributed by atoms with Crippen molar-refractivity contribution >= 4 is 18.1 Å². The SMILES string of the molecule is COc1ccc(Oc2ccc3c(c2)OCC(c2ccccc2)C3)c(N)c1.Cl. The average molecular weight is 384 g/mol. The van der Waals surface area contributed by atoms with Crippen molar-refractivity contribution < 1.29 is 14.2 Å². The Labute approximate surface area is 165 Å². The fraction of sp³-hybridized carbons (Fsp3) is 0.182. The molecule has 0 radical (unpaired) electrons. The lowest BCUT2D eigenvalue weighted by molar-refractivity contribution is 0.261. The summed E-state index contributed by atoms with van der Waals surface area (Å²) in [6, 6.07) is 21.8. The number of nitrogen functional groups attached to an aromatic ring is 1. The third-order valence-electron chi connectivity index (χ3n) is 4.66. The maximum Gasteiger partial charge on any atom is 0.150 e. The van der Waals surface area contributed by atoms with Crippen molar-refractivity contribution in [2.24, 2.45) is 0 Å². The highest BCUT2D eigenvalue weighted by atomic mass is 35.5. The molecule has 5 heteroatoms. The summed E-state index contributed by atoms with van der Waals surface area (Å²) in [5.74, 6) is 3.27. The van der Waals surface area contributed by atoms with E-state index in [1.165, 1.54) is 11.1 Å². The zero-order valence-corrected chi connectivity index (χ0v) is 15.9. The fourth-order valence-electron chi connectivity index (χ4n) is 3.23. The highest BCUT2D eigenvalue weighted by molar-refractivity contribution is 5.85. The van der Waals surface area contributed by atoms with Crippen molar-refractivity contribution in [3.05, 3.63) is 77.9 Å². The van der Waals surface area contributed by atoms with Crippen LogP contribution in [-0.2, 0) is 6.42 Å². The van der Waals surface area contributed by atoms with Gasteiger partial charge in [0, 0.05) is 18.1 Å². The van der Waals surface area contributed by atoms with E-state index in [0.29, 0.717) is 35.5 Å². The third kappa shape index (κ3) is 4.12. The molecular weight excluding hydrogens is 362 g/mol. The Morgan fingerprint density at radius 2 is 1.74 bits per heavy atom. The van der Waals surface area contributed by atoms with Crippen LogP contribution < -0.4 is 19.9 Å². The summed E-state index contributed by atoms with van der Waals surface area (Å²) in [6.07, 6.45) is 0.963. The number of fused-ring (bicyclic) bond motifs is 1. The van der Waals surface area contributed by atoms with Crippen LogP contribution in [0, 0.1) is 0 Å². The summed E-state index contributed by atoms with van der Waals surface area (Å²) < 4.78 is 17.1. The molecule has 140 valence electrons. The summed E-state index contributed by atoms with van der Waals surface area (Å²) >= 11 is 0. The van der Waals surface area contributed by atoms with Crippen LogP contribution in [0.4, 0.5) is 5.69 Å². The van der Waals surface area contributed by atoms with Crippen molar-refractivity contribution in [1.82, 2.24) is 0 Å². The Bertz CT molecular complexity index is 915. The predicted molar refractivity (Wildman–Crippen MR) is 110 cm³/mol. The van der Waals surface area contributed by atoms with Gasteiger partial charge >= 0.3 is 0 Å². The number of benzene rings is 3. The minimum atomic E-state index is 0. The van der Waals surface area contributed by atoms with Crippen LogP contribution in [0.5, 0.6) is 23.0 Å². The second-order valence-corrected chi connectivity index (χ2v) is 6.40. The summed E-state index contributed by atoms with van der Waals surface area (Å²) in [5.41, 5.74) is 9.07. The van der Waals surface area contributed by atoms with Crippen LogP contribution in [-0.4, -0.2) is 13.7 Å². The van der Waals surface area contributed by atoms with Gasteiger partial charge in [-0.25, -0.2) is 0 Å². The molecule has 1 aliphatic heterocycles. The van der Waals surface area contributed by atoms with Crippen LogP contribution in [0.2, 0.25) is 0 Å². The average Bonchev–Trinajstić information content (AvgIpc) is 2.69. The molecule has 0 aromatic heterocycles. The number of methoxy groups -OCH3 is 1. The molecule has 0 amide bonds. The lowest BCUT2D eigenvalue weighted by Gasteiger charge is -2.26. The van der Waals surface area contributed by atoms with Gasteiger partial charge in [-0.3, -0.25) is 0 Å². The molecule has 3 aromatic carbocycles. The first-order valence-corrected chi connectivity index (χ1v) is 8.65. The minimum Gasteiger partial charge on any atom is -0.497 e. The van der Waals surface area contributed by atoms with Gasteiger partial charge in [-0.1, -0.05) is 36.4 Å². The van der Waals surface area contributed by atoms with Crippen molar-refractivity contribution in [2.75, 3.05) is 19.5 Å². The molecule has 1 heterocycles. The lowest BCUT2D eigenvalue weighted by Crippen LogP contribution is -2.19. The molecule has 2 N–H and O–H groups in total. The summed E-state index contributed by atoms with van der Waals surface area (Å²) in [7, 11) is 1.61. The van der Waals surface area contributed by atoms with Gasteiger partial charge in [0.15, 0.2) is 5.75 Å². The van der Waals surface area contributed by atoms with E-state index in [4.69, 9.17) is 19.9 Å². The molecular formula is C22H22ClNO3. The smallest absolute Gasteiger partial charge is 0.150 e. The molecule has 27 heavy (non-hydrogen) atoms. The van der Waals surface area contributed by atoms with Crippen LogP contribution >= 0.6 is 12.4 Å². The van der Waals surface area contributed by atoms with E-state index in [-0.39, 0.29) is 12.4 Å². The normalized spacial score (nSPS) is 15.1. The second kappa shape index (κ2) is 8.23. The van der Waals surface area contributed by atoms with Crippen molar-refractivity contribution in [3.63, 3.8) is 0 Å². The molecule has 1 atom stereocenters. The molecule has 0 saturated carbocycles. The van der Waals surface area contributed by atoms with E-state index in [1.54, 1.807) is 19.2 Å². The molecule has 4 nitrogen and oxygen atoms in total. The van der Waals surface area contributed by atoms with Gasteiger partial charge in [0.1, 0.15) is 17.2 Å². The maximum absolute atomic E-state index is 6.03. The standard InChI is InChI=1S/C22H21NO3.ClH/c1-24-18-9-10-21(20(23)12-18)26-19-8-7-16-11-17(14-25-22(16)13-19)15-5-3-2-4-6-15;/h2-10,12-13,17H,11,14,23H2,1H3;1H. The van der Waals surface area contributed by atoms with Gasteiger partial charge < -0.3 is 19.9 Å². The van der Waals surface area contributed by atoms with E-state index in [2.05, 4.69) is 30.3 Å². The summed E-state index contributed by atoms with van der Waals surface area (Å²) in [6.45, 7) is 0.672. The first-order valence-electron chi connectivity index (χ1n) is 8.65. The Morgan fingerprint density at radius 1 is 0.963 bits per heavy atom. The van der Waals surface area contributed by atoms with E-state index in [0.717, 1.165) is 12.2 Å². The predicted octanol–water partition coefficient (Wildman–Crippen LogP) is 5.21. The number of hydrogen-bond donors (Lipinski definition) is 1.